The van der Waals surface area contributed by atoms with Gasteiger partial charge in [-0.1, -0.05) is 23.7 Å². The summed E-state index contributed by atoms with van der Waals surface area (Å²) in [6.07, 6.45) is 5.82. The molecule has 1 aromatic carbocycles. The molecule has 0 aromatic heterocycles. The number of nitrogens with two attached hydrogens (primary N) is 1. The average Bonchev–Trinajstić information content (AvgIpc) is 2.40. The maximum atomic E-state index is 6.41. The molecule has 1 spiro atoms. The number of rotatable bonds is 3. The quantitative estimate of drug-likeness (QED) is 0.662. The summed E-state index contributed by atoms with van der Waals surface area (Å²) in [6.45, 7) is 2.89. The molecule has 4 heteroatoms. The Bertz CT molecular complexity index is 487. The molecule has 110 valence electrons. The van der Waals surface area contributed by atoms with Gasteiger partial charge in [0.05, 0.1) is 11.6 Å². The van der Waals surface area contributed by atoms with E-state index in [1.165, 1.54) is 24.8 Å². The summed E-state index contributed by atoms with van der Waals surface area (Å²) in [5.74, 6) is 6.34. The topological polar surface area (TPSA) is 47.3 Å². The number of hydrogen-bond donors (Lipinski definition) is 2. The van der Waals surface area contributed by atoms with E-state index in [9.17, 15) is 0 Å². The molecule has 0 amide bonds. The molecule has 1 aromatic rings. The maximum Gasteiger partial charge on any atom is 0.0686 e. The molecule has 2 aliphatic rings. The zero-order valence-electron chi connectivity index (χ0n) is 12.0. The Balaban J connectivity index is 1.81. The predicted octanol–water partition coefficient (Wildman–Crippen LogP) is 3.50. The molecule has 1 saturated heterocycles. The van der Waals surface area contributed by atoms with Crippen LogP contribution in [0.4, 0.5) is 0 Å². The van der Waals surface area contributed by atoms with Crippen molar-refractivity contribution in [2.24, 2.45) is 11.8 Å². The monoisotopic (exact) mass is 294 g/mol. The van der Waals surface area contributed by atoms with Crippen molar-refractivity contribution in [2.75, 3.05) is 6.61 Å². The Morgan fingerprint density at radius 3 is 2.85 bits per heavy atom. The van der Waals surface area contributed by atoms with Crippen LogP contribution in [-0.2, 0) is 4.74 Å². The van der Waals surface area contributed by atoms with Crippen molar-refractivity contribution in [1.29, 1.82) is 0 Å². The first-order chi connectivity index (χ1) is 9.63. The van der Waals surface area contributed by atoms with E-state index >= 15 is 0 Å². The summed E-state index contributed by atoms with van der Waals surface area (Å²) in [5.41, 5.74) is 5.42. The van der Waals surface area contributed by atoms with E-state index < -0.39 is 0 Å². The van der Waals surface area contributed by atoms with Gasteiger partial charge in [-0.3, -0.25) is 11.3 Å². The number of nitrogens with one attached hydrogen (secondary N) is 1. The molecule has 3 nitrogen and oxygen atoms in total. The van der Waals surface area contributed by atoms with E-state index in [0.717, 1.165) is 30.0 Å². The summed E-state index contributed by atoms with van der Waals surface area (Å²) in [4.78, 5) is 0. The summed E-state index contributed by atoms with van der Waals surface area (Å²) < 4.78 is 6.01. The molecule has 1 heterocycles. The predicted molar refractivity (Wildman–Crippen MR) is 81.5 cm³/mol. The average molecular weight is 295 g/mol. The van der Waals surface area contributed by atoms with Crippen LogP contribution >= 0.6 is 11.6 Å². The van der Waals surface area contributed by atoms with Crippen molar-refractivity contribution in [3.63, 3.8) is 0 Å². The van der Waals surface area contributed by atoms with Gasteiger partial charge in [0.15, 0.2) is 0 Å². The minimum absolute atomic E-state index is 0.115. The standard InChI is InChI=1S/C16H23ClN2O/c1-11-3-4-13(14(17)9-11)15(19-18)12-5-8-20-16(10-12)6-2-7-16/h3-4,9,12,15,19H,2,5-8,10,18H2,1H3. The number of halogens is 1. The molecule has 1 aliphatic carbocycles. The first kappa shape index (κ1) is 14.3. The lowest BCUT2D eigenvalue weighted by atomic mass is 9.69. The van der Waals surface area contributed by atoms with E-state index in [2.05, 4.69) is 24.5 Å². The van der Waals surface area contributed by atoms with Gasteiger partial charge >= 0.3 is 0 Å². The second-order valence-corrected chi connectivity index (χ2v) is 6.71. The summed E-state index contributed by atoms with van der Waals surface area (Å²) >= 11 is 6.41. The van der Waals surface area contributed by atoms with Crippen LogP contribution in [0.5, 0.6) is 0 Å². The van der Waals surface area contributed by atoms with Crippen molar-refractivity contribution in [3.8, 4) is 0 Å². The zero-order valence-corrected chi connectivity index (χ0v) is 12.7. The van der Waals surface area contributed by atoms with Gasteiger partial charge in [-0.15, -0.1) is 0 Å². The molecule has 0 bridgehead atoms. The third kappa shape index (κ3) is 2.60. The molecule has 2 atom stereocenters. The van der Waals surface area contributed by atoms with Gasteiger partial charge in [0.25, 0.3) is 0 Å². The normalized spacial score (nSPS) is 26.2. The van der Waals surface area contributed by atoms with Crippen LogP contribution in [-0.4, -0.2) is 12.2 Å². The molecule has 3 N–H and O–H groups in total. The van der Waals surface area contributed by atoms with E-state index in [-0.39, 0.29) is 11.6 Å². The fourth-order valence-corrected chi connectivity index (χ4v) is 3.99. The third-order valence-corrected chi connectivity index (χ3v) is 5.27. The van der Waals surface area contributed by atoms with Crippen LogP contribution in [0.2, 0.25) is 5.02 Å². The smallest absolute Gasteiger partial charge is 0.0686 e. The number of hydrogen-bond acceptors (Lipinski definition) is 3. The van der Waals surface area contributed by atoms with Gasteiger partial charge in [-0.2, -0.15) is 0 Å². The molecule has 1 aliphatic heterocycles. The van der Waals surface area contributed by atoms with Crippen molar-refractivity contribution in [3.05, 3.63) is 34.3 Å². The highest BCUT2D eigenvalue weighted by Crippen LogP contribution is 2.47. The molecular formula is C16H23ClN2O. The first-order valence-electron chi connectivity index (χ1n) is 7.50. The minimum Gasteiger partial charge on any atom is -0.375 e. The molecule has 20 heavy (non-hydrogen) atoms. The van der Waals surface area contributed by atoms with Crippen LogP contribution in [0.3, 0.4) is 0 Å². The maximum absolute atomic E-state index is 6.41. The van der Waals surface area contributed by atoms with Gasteiger partial charge in [-0.05, 0) is 62.1 Å². The fraction of sp³-hybridized carbons (Fsp3) is 0.625. The zero-order chi connectivity index (χ0) is 14.2. The van der Waals surface area contributed by atoms with Crippen LogP contribution in [0, 0.1) is 12.8 Å². The summed E-state index contributed by atoms with van der Waals surface area (Å²) in [5, 5.41) is 0.808. The third-order valence-electron chi connectivity index (χ3n) is 4.94. The highest BCUT2D eigenvalue weighted by molar-refractivity contribution is 6.31. The largest absolute Gasteiger partial charge is 0.375 e. The van der Waals surface area contributed by atoms with Crippen molar-refractivity contribution in [1.82, 2.24) is 5.43 Å². The highest BCUT2D eigenvalue weighted by Gasteiger charge is 2.44. The van der Waals surface area contributed by atoms with Gasteiger partial charge < -0.3 is 4.74 Å². The van der Waals surface area contributed by atoms with Crippen LogP contribution < -0.4 is 11.3 Å². The van der Waals surface area contributed by atoms with Gasteiger partial charge in [-0.25, -0.2) is 0 Å². The molecule has 3 rings (SSSR count). The summed E-state index contributed by atoms with van der Waals surface area (Å²) in [6, 6.07) is 6.33. The molecule has 2 fully saturated rings. The van der Waals surface area contributed by atoms with Gasteiger partial charge in [0, 0.05) is 11.6 Å². The van der Waals surface area contributed by atoms with Crippen molar-refractivity contribution in [2.45, 2.75) is 50.7 Å². The Morgan fingerprint density at radius 2 is 2.25 bits per heavy atom. The number of ether oxygens (including phenoxy) is 1. The van der Waals surface area contributed by atoms with Crippen molar-refractivity contribution < 1.29 is 4.74 Å². The minimum atomic E-state index is 0.115. The highest BCUT2D eigenvalue weighted by atomic mass is 35.5. The van der Waals surface area contributed by atoms with Crippen LogP contribution in [0.25, 0.3) is 0 Å². The number of benzene rings is 1. The molecule has 2 unspecified atom stereocenters. The Labute approximate surface area is 125 Å². The Morgan fingerprint density at radius 1 is 1.45 bits per heavy atom. The van der Waals surface area contributed by atoms with Crippen LogP contribution in [0.1, 0.15) is 49.3 Å². The second kappa shape index (κ2) is 5.64. The van der Waals surface area contributed by atoms with E-state index in [1.807, 2.05) is 6.07 Å². The molecule has 1 saturated carbocycles. The first-order valence-corrected chi connectivity index (χ1v) is 7.87. The van der Waals surface area contributed by atoms with E-state index in [4.69, 9.17) is 22.2 Å². The molecule has 0 radical (unpaired) electrons. The lowest BCUT2D eigenvalue weighted by Crippen LogP contribution is -2.48. The lowest BCUT2D eigenvalue weighted by molar-refractivity contribution is -0.147. The number of hydrazine groups is 1. The molecular weight excluding hydrogens is 272 g/mol. The summed E-state index contributed by atoms with van der Waals surface area (Å²) in [7, 11) is 0. The Hall–Kier alpha value is -0.610. The van der Waals surface area contributed by atoms with Crippen molar-refractivity contribution >= 4 is 11.6 Å². The lowest BCUT2D eigenvalue weighted by Gasteiger charge is -2.48. The van der Waals surface area contributed by atoms with E-state index in [1.54, 1.807) is 0 Å². The SMILES string of the molecule is Cc1ccc(C(NN)C2CCOC3(CCC3)C2)c(Cl)c1. The Kier molecular flexibility index (Phi) is 4.04. The number of aryl methyl sites for hydroxylation is 1. The van der Waals surface area contributed by atoms with Gasteiger partial charge in [0.2, 0.25) is 0 Å². The van der Waals surface area contributed by atoms with Gasteiger partial charge in [0.1, 0.15) is 0 Å². The fourth-order valence-electron chi connectivity index (χ4n) is 3.63. The second-order valence-electron chi connectivity index (χ2n) is 6.31. The van der Waals surface area contributed by atoms with E-state index in [0.29, 0.717) is 5.92 Å². The van der Waals surface area contributed by atoms with Crippen LogP contribution in [0.15, 0.2) is 18.2 Å².